The largest absolute Gasteiger partial charge is 0.411 e. The number of nitrogens with two attached hydrogens (primary N) is 1. The molecule has 0 saturated heterocycles. The van der Waals surface area contributed by atoms with Gasteiger partial charge in [-0.15, -0.1) is 10.2 Å². The van der Waals surface area contributed by atoms with Crippen molar-refractivity contribution in [1.29, 1.82) is 0 Å². The highest BCUT2D eigenvalue weighted by Gasteiger charge is 2.13. The van der Waals surface area contributed by atoms with E-state index in [4.69, 9.17) is 10.2 Å². The van der Waals surface area contributed by atoms with Crippen molar-refractivity contribution in [3.8, 4) is 11.5 Å². The smallest absolute Gasteiger partial charge is 0.277 e. The average Bonchev–Trinajstić information content (AvgIpc) is 3.26. The van der Waals surface area contributed by atoms with Crippen LogP contribution in [0.2, 0.25) is 0 Å². The Bertz CT molecular complexity index is 1040. The first-order valence-corrected chi connectivity index (χ1v) is 8.48. The molecule has 25 heavy (non-hydrogen) atoms. The summed E-state index contributed by atoms with van der Waals surface area (Å²) in [5.41, 5.74) is 7.99. The molecule has 0 atom stereocenters. The number of nitrogens with one attached hydrogen (secondary N) is 1. The molecule has 2 aromatic carbocycles. The molecular formula is C17H13N5O2S. The molecule has 2 aromatic heterocycles. The third-order valence-corrected chi connectivity index (χ3v) is 4.42. The van der Waals surface area contributed by atoms with E-state index in [2.05, 4.69) is 20.2 Å². The van der Waals surface area contributed by atoms with Crippen LogP contribution in [0, 0.1) is 0 Å². The van der Waals surface area contributed by atoms with E-state index in [1.165, 1.54) is 11.8 Å². The number of aromatic nitrogens is 4. The zero-order valence-electron chi connectivity index (χ0n) is 13.0. The number of thioether (sulfide) groups is 1. The van der Waals surface area contributed by atoms with E-state index in [9.17, 15) is 4.79 Å². The Morgan fingerprint density at radius 1 is 1.12 bits per heavy atom. The van der Waals surface area contributed by atoms with E-state index in [-0.39, 0.29) is 0 Å². The average molecular weight is 351 g/mol. The molecule has 0 radical (unpaired) electrons. The molecule has 0 bridgehead atoms. The van der Waals surface area contributed by atoms with E-state index in [1.807, 2.05) is 36.4 Å². The Morgan fingerprint density at radius 3 is 2.76 bits per heavy atom. The summed E-state index contributed by atoms with van der Waals surface area (Å²) in [5.74, 6) is 1.18. The lowest BCUT2D eigenvalue weighted by Gasteiger charge is -1.94. The lowest BCUT2D eigenvalue weighted by molar-refractivity contribution is 0.100. The van der Waals surface area contributed by atoms with Gasteiger partial charge < -0.3 is 15.1 Å². The monoisotopic (exact) mass is 351 g/mol. The van der Waals surface area contributed by atoms with Gasteiger partial charge in [-0.2, -0.15) is 0 Å². The van der Waals surface area contributed by atoms with Gasteiger partial charge in [0.25, 0.3) is 11.1 Å². The zero-order chi connectivity index (χ0) is 17.2. The number of benzene rings is 2. The number of aromatic amines is 1. The number of primary amides is 1. The van der Waals surface area contributed by atoms with Crippen molar-refractivity contribution in [2.75, 3.05) is 0 Å². The fraction of sp³-hybridized carbons (Fsp3) is 0.0588. The summed E-state index contributed by atoms with van der Waals surface area (Å²) in [6, 6.07) is 14.8. The van der Waals surface area contributed by atoms with Crippen molar-refractivity contribution in [1.82, 2.24) is 20.2 Å². The molecule has 0 fully saturated rings. The van der Waals surface area contributed by atoms with Crippen LogP contribution in [0.4, 0.5) is 0 Å². The molecule has 4 aromatic rings. The number of hydrogen-bond donors (Lipinski definition) is 2. The Balaban J connectivity index is 1.52. The van der Waals surface area contributed by atoms with Crippen molar-refractivity contribution in [2.45, 2.75) is 11.0 Å². The molecule has 2 heterocycles. The van der Waals surface area contributed by atoms with Crippen LogP contribution < -0.4 is 5.73 Å². The molecule has 8 heteroatoms. The first-order chi connectivity index (χ1) is 12.2. The summed E-state index contributed by atoms with van der Waals surface area (Å²) in [6.07, 6.45) is 0. The Hall–Kier alpha value is -3.13. The van der Waals surface area contributed by atoms with Crippen LogP contribution >= 0.6 is 11.8 Å². The van der Waals surface area contributed by atoms with Crippen LogP contribution in [-0.2, 0) is 5.75 Å². The molecule has 1 amide bonds. The number of rotatable bonds is 5. The molecule has 124 valence electrons. The molecule has 0 aliphatic rings. The summed E-state index contributed by atoms with van der Waals surface area (Å²) in [4.78, 5) is 19.1. The van der Waals surface area contributed by atoms with Gasteiger partial charge in [0.05, 0.1) is 16.8 Å². The third kappa shape index (κ3) is 3.11. The third-order valence-electron chi connectivity index (χ3n) is 3.59. The zero-order valence-corrected chi connectivity index (χ0v) is 13.8. The van der Waals surface area contributed by atoms with Gasteiger partial charge in [-0.1, -0.05) is 36.0 Å². The fourth-order valence-electron chi connectivity index (χ4n) is 2.45. The van der Waals surface area contributed by atoms with Crippen molar-refractivity contribution >= 4 is 28.7 Å². The maximum Gasteiger partial charge on any atom is 0.277 e. The Morgan fingerprint density at radius 2 is 1.96 bits per heavy atom. The first-order valence-electron chi connectivity index (χ1n) is 7.50. The number of nitrogens with zero attached hydrogens (tertiary/aromatic N) is 3. The number of para-hydroxylation sites is 1. The molecule has 0 aliphatic heterocycles. The van der Waals surface area contributed by atoms with Gasteiger partial charge in [0.1, 0.15) is 11.3 Å². The van der Waals surface area contributed by atoms with E-state index in [0.29, 0.717) is 33.8 Å². The normalized spacial score (nSPS) is 11.0. The van der Waals surface area contributed by atoms with E-state index >= 15 is 0 Å². The summed E-state index contributed by atoms with van der Waals surface area (Å²) >= 11 is 1.37. The van der Waals surface area contributed by atoms with Gasteiger partial charge in [-0.3, -0.25) is 4.79 Å². The van der Waals surface area contributed by atoms with Crippen LogP contribution in [0.15, 0.2) is 58.2 Å². The first kappa shape index (κ1) is 15.4. The molecule has 0 unspecified atom stereocenters. The number of imidazole rings is 1. The van der Waals surface area contributed by atoms with Crippen LogP contribution in [-0.4, -0.2) is 26.1 Å². The van der Waals surface area contributed by atoms with Crippen LogP contribution in [0.3, 0.4) is 0 Å². The van der Waals surface area contributed by atoms with Crippen LogP contribution in [0.25, 0.3) is 22.5 Å². The van der Waals surface area contributed by atoms with Crippen molar-refractivity contribution in [3.05, 3.63) is 59.9 Å². The number of H-pyrrole nitrogens is 1. The predicted molar refractivity (Wildman–Crippen MR) is 93.9 cm³/mol. The summed E-state index contributed by atoms with van der Waals surface area (Å²) in [7, 11) is 0. The molecule has 7 nitrogen and oxygen atoms in total. The second-order valence-electron chi connectivity index (χ2n) is 5.28. The number of carbonyl (C=O) groups excluding carboxylic acids is 1. The van der Waals surface area contributed by atoms with Crippen LogP contribution in [0.5, 0.6) is 0 Å². The van der Waals surface area contributed by atoms with E-state index in [0.717, 1.165) is 11.1 Å². The lowest BCUT2D eigenvalue weighted by atomic mass is 10.2. The minimum Gasteiger partial charge on any atom is -0.411 e. The standard InChI is InChI=1S/C17H13N5O2S/c18-15(23)11-7-4-8-12-14(11)20-13(19-12)9-25-17-22-21-16(24-17)10-5-2-1-3-6-10/h1-8H,9H2,(H2,18,23)(H,19,20). The van der Waals surface area contributed by atoms with Gasteiger partial charge in [0, 0.05) is 5.56 Å². The maximum absolute atomic E-state index is 11.5. The SMILES string of the molecule is NC(=O)c1cccc2[nH]c(CSc3nnc(-c4ccccc4)o3)nc12. The van der Waals surface area contributed by atoms with Gasteiger partial charge >= 0.3 is 0 Å². The fourth-order valence-corrected chi connectivity index (χ4v) is 3.08. The van der Waals surface area contributed by atoms with Crippen molar-refractivity contribution < 1.29 is 9.21 Å². The molecular weight excluding hydrogens is 338 g/mol. The minimum absolute atomic E-state index is 0.397. The molecule has 0 aliphatic carbocycles. The quantitative estimate of drug-likeness (QED) is 0.535. The number of amides is 1. The number of hydrogen-bond acceptors (Lipinski definition) is 6. The molecule has 0 saturated carbocycles. The Labute approximate surface area is 146 Å². The molecule has 0 spiro atoms. The van der Waals surface area contributed by atoms with Crippen LogP contribution in [0.1, 0.15) is 16.2 Å². The summed E-state index contributed by atoms with van der Waals surface area (Å²) in [6.45, 7) is 0. The maximum atomic E-state index is 11.5. The summed E-state index contributed by atoms with van der Waals surface area (Å²) in [5, 5.41) is 8.54. The number of fused-ring (bicyclic) bond motifs is 1. The van der Waals surface area contributed by atoms with Gasteiger partial charge in [0.2, 0.25) is 5.89 Å². The highest BCUT2D eigenvalue weighted by atomic mass is 32.2. The second kappa shape index (κ2) is 6.40. The minimum atomic E-state index is -0.499. The van der Waals surface area contributed by atoms with Gasteiger partial charge in [-0.25, -0.2) is 4.98 Å². The topological polar surface area (TPSA) is 111 Å². The number of carbonyl (C=O) groups is 1. The lowest BCUT2D eigenvalue weighted by Crippen LogP contribution is -2.11. The Kier molecular flexibility index (Phi) is 3.95. The second-order valence-corrected chi connectivity index (χ2v) is 6.20. The van der Waals surface area contributed by atoms with E-state index in [1.54, 1.807) is 12.1 Å². The van der Waals surface area contributed by atoms with Crippen molar-refractivity contribution in [3.63, 3.8) is 0 Å². The molecule has 3 N–H and O–H groups in total. The highest BCUT2D eigenvalue weighted by molar-refractivity contribution is 7.98. The van der Waals surface area contributed by atoms with Gasteiger partial charge in [-0.05, 0) is 24.3 Å². The van der Waals surface area contributed by atoms with Crippen molar-refractivity contribution in [2.24, 2.45) is 5.73 Å². The summed E-state index contributed by atoms with van der Waals surface area (Å²) < 4.78 is 5.65. The molecule has 4 rings (SSSR count). The van der Waals surface area contributed by atoms with Gasteiger partial charge in [0.15, 0.2) is 0 Å². The predicted octanol–water partition coefficient (Wildman–Crippen LogP) is 3.00. The van der Waals surface area contributed by atoms with E-state index < -0.39 is 5.91 Å². The highest BCUT2D eigenvalue weighted by Crippen LogP contribution is 2.26.